The number of aliphatic hydroxyl groups excluding tert-OH is 5. The highest BCUT2D eigenvalue weighted by Gasteiger charge is 2.48. The van der Waals surface area contributed by atoms with Crippen LogP contribution in [0, 0.1) is 0 Å². The van der Waals surface area contributed by atoms with E-state index in [9.17, 15) is 38.7 Å². The molecule has 1 amide bonds. The van der Waals surface area contributed by atoms with Crippen molar-refractivity contribution in [2.75, 3.05) is 13.2 Å². The molecule has 1 aliphatic rings. The van der Waals surface area contributed by atoms with Gasteiger partial charge in [-0.2, -0.15) is 8.42 Å². The Kier molecular flexibility index (Phi) is 27.1. The molecule has 302 valence electrons. The molecule has 8 atom stereocenters. The molecule has 7 N–H and O–H groups in total. The Labute approximate surface area is 311 Å². The molecule has 0 bridgehead atoms. The minimum Gasteiger partial charge on any atom is -0.394 e. The number of ether oxygens (including phenoxy) is 2. The summed E-state index contributed by atoms with van der Waals surface area (Å²) in [5.41, 5.74) is 0. The van der Waals surface area contributed by atoms with Crippen molar-refractivity contribution in [3.63, 3.8) is 0 Å². The number of amides is 1. The molecule has 13 nitrogen and oxygen atoms in total. The molecule has 14 heteroatoms. The fourth-order valence-corrected chi connectivity index (χ4v) is 6.04. The molecule has 0 radical (unpaired) electrons. The van der Waals surface area contributed by atoms with Gasteiger partial charge >= 0.3 is 10.4 Å². The quantitative estimate of drug-likeness (QED) is 0.0301. The zero-order valence-corrected chi connectivity index (χ0v) is 32.0. The second kappa shape index (κ2) is 29.4. The average Bonchev–Trinajstić information content (AvgIpc) is 3.11. The number of unbranched alkanes of at least 4 members (excludes halogenated alkanes) is 11. The van der Waals surface area contributed by atoms with E-state index in [0.717, 1.165) is 64.2 Å². The highest BCUT2D eigenvalue weighted by molar-refractivity contribution is 7.80. The van der Waals surface area contributed by atoms with Gasteiger partial charge in [0.15, 0.2) is 6.29 Å². The lowest BCUT2D eigenvalue weighted by Gasteiger charge is -2.41. The minimum atomic E-state index is -5.12. The first kappa shape index (κ1) is 48.0. The van der Waals surface area contributed by atoms with Crippen LogP contribution in [-0.4, -0.2) is 107 Å². The maximum absolute atomic E-state index is 13.0. The number of carbonyl (C=O) groups excluding carboxylic acids is 1. The van der Waals surface area contributed by atoms with Gasteiger partial charge in [0.2, 0.25) is 5.91 Å². The highest BCUT2D eigenvalue weighted by Crippen LogP contribution is 2.26. The van der Waals surface area contributed by atoms with Gasteiger partial charge in [-0.1, -0.05) is 107 Å². The van der Waals surface area contributed by atoms with Gasteiger partial charge in [-0.05, 0) is 64.2 Å². The summed E-state index contributed by atoms with van der Waals surface area (Å²) in [6.45, 7) is 3.05. The van der Waals surface area contributed by atoms with Crippen molar-refractivity contribution in [3.8, 4) is 0 Å². The first-order valence-electron chi connectivity index (χ1n) is 19.1. The summed E-state index contributed by atoms with van der Waals surface area (Å²) >= 11 is 0. The third-order valence-electron chi connectivity index (χ3n) is 8.67. The second-order valence-electron chi connectivity index (χ2n) is 13.3. The Morgan fingerprint density at radius 2 is 1.31 bits per heavy atom. The van der Waals surface area contributed by atoms with Crippen molar-refractivity contribution in [2.24, 2.45) is 0 Å². The molecule has 0 aromatic heterocycles. The predicted molar refractivity (Wildman–Crippen MR) is 200 cm³/mol. The second-order valence-corrected chi connectivity index (χ2v) is 14.3. The summed E-state index contributed by atoms with van der Waals surface area (Å²) in [6.07, 6.45) is 20.9. The molecule has 0 aromatic rings. The van der Waals surface area contributed by atoms with Crippen LogP contribution in [0.3, 0.4) is 0 Å². The Hall–Kier alpha value is -1.98. The highest BCUT2D eigenvalue weighted by atomic mass is 32.3. The maximum Gasteiger partial charge on any atom is 0.397 e. The molecular weight excluding hydrogens is 694 g/mol. The number of aliphatic hydroxyl groups is 5. The Morgan fingerprint density at radius 1 is 0.769 bits per heavy atom. The lowest BCUT2D eigenvalue weighted by atomic mass is 9.99. The van der Waals surface area contributed by atoms with Crippen molar-refractivity contribution < 1.29 is 57.0 Å². The minimum absolute atomic E-state index is 0.209. The fourth-order valence-electron chi connectivity index (χ4n) is 5.53. The van der Waals surface area contributed by atoms with Crippen LogP contribution in [0.15, 0.2) is 48.6 Å². The number of rotatable bonds is 30. The van der Waals surface area contributed by atoms with Gasteiger partial charge in [0.1, 0.15) is 30.5 Å². The van der Waals surface area contributed by atoms with Crippen molar-refractivity contribution in [1.29, 1.82) is 0 Å². The normalized spacial score (nSPS) is 23.3. The van der Waals surface area contributed by atoms with Crippen LogP contribution in [-0.2, 0) is 28.9 Å². The predicted octanol–water partition coefficient (Wildman–Crippen LogP) is 4.73. The van der Waals surface area contributed by atoms with E-state index in [-0.39, 0.29) is 6.42 Å². The lowest BCUT2D eigenvalue weighted by Crippen LogP contribution is -2.61. The van der Waals surface area contributed by atoms with E-state index in [0.29, 0.717) is 12.8 Å². The number of carbonyl (C=O) groups is 1. The molecule has 0 aliphatic carbocycles. The standard InChI is InChI=1S/C38H67NO12S/c1-3-5-7-9-11-13-14-15-16-17-19-20-22-24-26-31(41)30(39-37(45)32(42)27-25-23-21-18-12-10-8-6-4-2)29-49-38-35(44)36(51-52(46,47)48)34(43)33(28-40)50-38/h10,12-14,17,19,24,26,30-36,38,40-44H,3-9,11,15-16,18,20-23,25,27-29H2,1-2H3,(H,39,45)(H,46,47,48)/b12-10-,14-13+,19-17+,26-24+. The number of nitrogens with one attached hydrogen (secondary N) is 1. The molecule has 0 aromatic carbocycles. The van der Waals surface area contributed by atoms with E-state index >= 15 is 0 Å². The first-order chi connectivity index (χ1) is 24.9. The molecule has 1 heterocycles. The molecular formula is C38H67NO12S. The summed E-state index contributed by atoms with van der Waals surface area (Å²) < 4.78 is 47.2. The van der Waals surface area contributed by atoms with Crippen LogP contribution in [0.5, 0.6) is 0 Å². The Morgan fingerprint density at radius 3 is 1.87 bits per heavy atom. The van der Waals surface area contributed by atoms with Crippen LogP contribution in [0.1, 0.15) is 123 Å². The van der Waals surface area contributed by atoms with Crippen molar-refractivity contribution in [2.45, 2.75) is 172 Å². The summed E-state index contributed by atoms with van der Waals surface area (Å²) in [6, 6.07) is -1.15. The molecule has 8 unspecified atom stereocenters. The van der Waals surface area contributed by atoms with Gasteiger partial charge in [0, 0.05) is 0 Å². The Bertz CT molecular complexity index is 1140. The van der Waals surface area contributed by atoms with Crippen molar-refractivity contribution in [1.82, 2.24) is 5.32 Å². The fraction of sp³-hybridized carbons (Fsp3) is 0.763. The molecule has 0 saturated carbocycles. The number of hydrogen-bond donors (Lipinski definition) is 7. The zero-order valence-electron chi connectivity index (χ0n) is 31.2. The Balaban J connectivity index is 2.78. The van der Waals surface area contributed by atoms with E-state index in [1.165, 1.54) is 31.8 Å². The number of allylic oxidation sites excluding steroid dienone is 7. The molecule has 0 spiro atoms. The SMILES string of the molecule is CCCC/C=C\CCCCCC(O)C(=O)NC(COC1OC(CO)C(O)C(OS(=O)(=O)O)C1O)C(O)/C=C/CC/C=C/CC/C=C/CCCCCC. The van der Waals surface area contributed by atoms with E-state index in [2.05, 4.69) is 59.8 Å². The lowest BCUT2D eigenvalue weighted by molar-refractivity contribution is -0.298. The summed E-state index contributed by atoms with van der Waals surface area (Å²) in [7, 11) is -5.12. The third kappa shape index (κ3) is 22.3. The number of hydrogen-bond acceptors (Lipinski definition) is 11. The molecule has 52 heavy (non-hydrogen) atoms. The largest absolute Gasteiger partial charge is 0.397 e. The van der Waals surface area contributed by atoms with Crippen molar-refractivity contribution in [3.05, 3.63) is 48.6 Å². The van der Waals surface area contributed by atoms with E-state index < -0.39 is 78.5 Å². The zero-order chi connectivity index (χ0) is 38.6. The first-order valence-corrected chi connectivity index (χ1v) is 20.5. The summed E-state index contributed by atoms with van der Waals surface area (Å²) in [4.78, 5) is 13.0. The van der Waals surface area contributed by atoms with Gasteiger partial charge in [-0.3, -0.25) is 9.35 Å². The topological polar surface area (TPSA) is 212 Å². The van der Waals surface area contributed by atoms with Gasteiger partial charge < -0.3 is 40.3 Å². The third-order valence-corrected chi connectivity index (χ3v) is 9.13. The summed E-state index contributed by atoms with van der Waals surface area (Å²) in [5, 5.41) is 54.7. The van der Waals surface area contributed by atoms with Crippen LogP contribution >= 0.6 is 0 Å². The molecule has 1 rings (SSSR count). The van der Waals surface area contributed by atoms with Crippen LogP contribution < -0.4 is 5.32 Å². The van der Waals surface area contributed by atoms with Crippen molar-refractivity contribution >= 4 is 16.3 Å². The molecule has 1 aliphatic heterocycles. The smallest absolute Gasteiger partial charge is 0.394 e. The summed E-state index contributed by atoms with van der Waals surface area (Å²) in [5.74, 6) is -0.736. The van der Waals surface area contributed by atoms with Crippen LogP contribution in [0.4, 0.5) is 0 Å². The van der Waals surface area contributed by atoms with E-state index in [1.54, 1.807) is 6.08 Å². The average molecular weight is 762 g/mol. The maximum atomic E-state index is 13.0. The van der Waals surface area contributed by atoms with Gasteiger partial charge in [-0.15, -0.1) is 0 Å². The molecule has 1 saturated heterocycles. The van der Waals surface area contributed by atoms with E-state index in [1.807, 2.05) is 0 Å². The van der Waals surface area contributed by atoms with E-state index in [4.69, 9.17) is 14.0 Å². The van der Waals surface area contributed by atoms with Gasteiger partial charge in [0.25, 0.3) is 0 Å². The monoisotopic (exact) mass is 761 g/mol. The van der Waals surface area contributed by atoms with Crippen LogP contribution in [0.2, 0.25) is 0 Å². The van der Waals surface area contributed by atoms with Crippen LogP contribution in [0.25, 0.3) is 0 Å². The molecule has 1 fully saturated rings. The van der Waals surface area contributed by atoms with Gasteiger partial charge in [-0.25, -0.2) is 4.18 Å². The van der Waals surface area contributed by atoms with Gasteiger partial charge in [0.05, 0.1) is 25.4 Å².